The largest absolute Gasteiger partial charge is 0.460 e. The summed E-state index contributed by atoms with van der Waals surface area (Å²) in [5.74, 6) is -0.157. The van der Waals surface area contributed by atoms with Crippen molar-refractivity contribution in [3.8, 4) is 0 Å². The number of methoxy groups -OCH3 is 1. The fraction of sp³-hybridized carbons (Fsp3) is 0.739. The summed E-state index contributed by atoms with van der Waals surface area (Å²) in [6.45, 7) is 9.38. The molecule has 4 rings (SSSR count). The van der Waals surface area contributed by atoms with Crippen molar-refractivity contribution < 1.29 is 31.6 Å². The molecular weight excluding hydrogens is 434 g/mol. The van der Waals surface area contributed by atoms with E-state index in [1.165, 1.54) is 12.7 Å². The van der Waals surface area contributed by atoms with Gasteiger partial charge < -0.3 is 14.8 Å². The van der Waals surface area contributed by atoms with E-state index < -0.39 is 17.4 Å². The zero-order valence-corrected chi connectivity index (χ0v) is 19.8. The van der Waals surface area contributed by atoms with Crippen molar-refractivity contribution in [3.63, 3.8) is 0 Å². The molecule has 0 bridgehead atoms. The lowest BCUT2D eigenvalue weighted by Gasteiger charge is -2.61. The molecule has 2 aliphatic heterocycles. The molecule has 178 valence electrons. The highest BCUT2D eigenvalue weighted by atomic mass is 32.2. The molecule has 0 aromatic rings. The first-order valence-electron chi connectivity index (χ1n) is 11.2. The Bertz CT molecular complexity index is 857. The standard InChI is InChI=1S/C23H33NO7S/c1-14-5-8-18-22(2,10-9-19-23(18,3)13-30-32(27)31-19)16(14)7-6-15-17(11-29-21(15)26)24-20(25)12-28-4/h6,16-19H,1,5,7-13H2,2-4H3,(H,24,25)/b15-6+/t16-,17-,18+,19-,22+,23+,32?/m1/s1. The Hall–Kier alpha value is -1.55. The number of fused-ring (bicyclic) bond motifs is 3. The number of esters is 1. The van der Waals surface area contributed by atoms with Crippen LogP contribution in [0.3, 0.4) is 0 Å². The van der Waals surface area contributed by atoms with Crippen LogP contribution in [-0.2, 0) is 38.8 Å². The number of nitrogens with one attached hydrogen (secondary N) is 1. The fourth-order valence-electron chi connectivity index (χ4n) is 6.49. The number of hydrogen-bond acceptors (Lipinski definition) is 7. The van der Waals surface area contributed by atoms with Crippen molar-refractivity contribution in [1.82, 2.24) is 5.32 Å². The Balaban J connectivity index is 1.55. The fourth-order valence-corrected chi connectivity index (χ4v) is 7.40. The normalized spacial score (nSPS) is 42.8. The van der Waals surface area contributed by atoms with Crippen LogP contribution in [-0.4, -0.2) is 55.2 Å². The molecule has 1 amide bonds. The number of ether oxygens (including phenoxy) is 2. The third-order valence-electron chi connectivity index (χ3n) is 8.15. The van der Waals surface area contributed by atoms with Crippen LogP contribution < -0.4 is 5.32 Å². The molecule has 8 nitrogen and oxygen atoms in total. The van der Waals surface area contributed by atoms with E-state index in [0.717, 1.165) is 25.7 Å². The molecule has 2 saturated carbocycles. The molecule has 1 N–H and O–H groups in total. The number of allylic oxidation sites excluding steroid dienone is 2. The molecule has 9 heteroatoms. The highest BCUT2D eigenvalue weighted by Crippen LogP contribution is 2.63. The average Bonchev–Trinajstić information content (AvgIpc) is 3.07. The maximum Gasteiger partial charge on any atom is 0.336 e. The molecule has 2 aliphatic carbocycles. The van der Waals surface area contributed by atoms with Crippen molar-refractivity contribution >= 4 is 23.2 Å². The zero-order valence-electron chi connectivity index (χ0n) is 19.0. The Morgan fingerprint density at radius 1 is 1.34 bits per heavy atom. The van der Waals surface area contributed by atoms with E-state index in [-0.39, 0.29) is 47.9 Å². The predicted molar refractivity (Wildman–Crippen MR) is 117 cm³/mol. The monoisotopic (exact) mass is 467 g/mol. The van der Waals surface area contributed by atoms with Gasteiger partial charge in [0.1, 0.15) is 13.2 Å². The summed E-state index contributed by atoms with van der Waals surface area (Å²) in [6.07, 6.45) is 6.14. The Labute approximate surface area is 191 Å². The van der Waals surface area contributed by atoms with E-state index in [1.807, 2.05) is 6.08 Å². The summed E-state index contributed by atoms with van der Waals surface area (Å²) in [5, 5.41) is 2.81. The van der Waals surface area contributed by atoms with Crippen molar-refractivity contribution in [2.45, 2.75) is 58.1 Å². The van der Waals surface area contributed by atoms with Crippen LogP contribution in [0.15, 0.2) is 23.8 Å². The maximum atomic E-state index is 12.4. The van der Waals surface area contributed by atoms with Gasteiger partial charge in [0.2, 0.25) is 5.91 Å². The first kappa shape index (κ1) is 23.6. The second-order valence-corrected chi connectivity index (χ2v) is 10.8. The van der Waals surface area contributed by atoms with Crippen LogP contribution in [0.4, 0.5) is 0 Å². The van der Waals surface area contributed by atoms with Gasteiger partial charge >= 0.3 is 17.3 Å². The minimum atomic E-state index is -1.67. The summed E-state index contributed by atoms with van der Waals surface area (Å²) in [6, 6.07) is -0.464. The minimum Gasteiger partial charge on any atom is -0.460 e. The van der Waals surface area contributed by atoms with Gasteiger partial charge in [-0.05, 0) is 49.4 Å². The van der Waals surface area contributed by atoms with Crippen LogP contribution >= 0.6 is 0 Å². The number of amides is 1. The number of carbonyl (C=O) groups excluding carboxylic acids is 2. The summed E-state index contributed by atoms with van der Waals surface area (Å²) in [4.78, 5) is 24.3. The molecular formula is C23H33NO7S. The second-order valence-electron chi connectivity index (χ2n) is 9.95. The Kier molecular flexibility index (Phi) is 6.64. The quantitative estimate of drug-likeness (QED) is 0.376. The van der Waals surface area contributed by atoms with Gasteiger partial charge in [-0.2, -0.15) is 4.21 Å². The van der Waals surface area contributed by atoms with Crippen LogP contribution in [0.5, 0.6) is 0 Å². The maximum absolute atomic E-state index is 12.4. The van der Waals surface area contributed by atoms with Crippen molar-refractivity contribution in [1.29, 1.82) is 0 Å². The molecule has 2 heterocycles. The summed E-state index contributed by atoms with van der Waals surface area (Å²) in [7, 11) is 1.45. The van der Waals surface area contributed by atoms with E-state index in [4.69, 9.17) is 17.8 Å². The van der Waals surface area contributed by atoms with Crippen LogP contribution in [0.25, 0.3) is 0 Å². The first-order valence-corrected chi connectivity index (χ1v) is 12.2. The molecule has 2 saturated heterocycles. The summed E-state index contributed by atoms with van der Waals surface area (Å²) >= 11 is -1.67. The van der Waals surface area contributed by atoms with Gasteiger partial charge in [-0.3, -0.25) is 13.2 Å². The average molecular weight is 468 g/mol. The Morgan fingerprint density at radius 2 is 2.12 bits per heavy atom. The van der Waals surface area contributed by atoms with E-state index in [0.29, 0.717) is 24.5 Å². The topological polar surface area (TPSA) is 100 Å². The van der Waals surface area contributed by atoms with E-state index >= 15 is 0 Å². The van der Waals surface area contributed by atoms with Crippen LogP contribution in [0.1, 0.15) is 46.0 Å². The summed E-state index contributed by atoms with van der Waals surface area (Å²) < 4.78 is 33.0. The predicted octanol–water partition coefficient (Wildman–Crippen LogP) is 2.37. The highest BCUT2D eigenvalue weighted by molar-refractivity contribution is 7.75. The number of cyclic esters (lactones) is 1. The van der Waals surface area contributed by atoms with E-state index in [1.54, 1.807) is 0 Å². The van der Waals surface area contributed by atoms with Gasteiger partial charge in [0.25, 0.3) is 0 Å². The van der Waals surface area contributed by atoms with Crippen molar-refractivity contribution in [2.75, 3.05) is 26.9 Å². The number of carbonyl (C=O) groups is 2. The highest BCUT2D eigenvalue weighted by Gasteiger charge is 2.60. The van der Waals surface area contributed by atoms with Gasteiger partial charge in [0.05, 0.1) is 24.3 Å². The van der Waals surface area contributed by atoms with Crippen LogP contribution in [0, 0.1) is 22.7 Å². The zero-order chi connectivity index (χ0) is 23.1. The lowest BCUT2D eigenvalue weighted by molar-refractivity contribution is -0.154. The van der Waals surface area contributed by atoms with Gasteiger partial charge in [-0.25, -0.2) is 4.79 Å². The first-order chi connectivity index (χ1) is 15.2. The van der Waals surface area contributed by atoms with Gasteiger partial charge in [0, 0.05) is 12.5 Å². The molecule has 0 radical (unpaired) electrons. The molecule has 0 aromatic heterocycles. The van der Waals surface area contributed by atoms with Gasteiger partial charge in [-0.15, -0.1) is 0 Å². The molecule has 0 aromatic carbocycles. The summed E-state index contributed by atoms with van der Waals surface area (Å²) in [5.41, 5.74) is 1.43. The smallest absolute Gasteiger partial charge is 0.336 e. The molecule has 4 fully saturated rings. The molecule has 0 spiro atoms. The third kappa shape index (κ3) is 4.08. The molecule has 7 atom stereocenters. The SMILES string of the molecule is C=C1CC[C@@H]2[C@]3(C)COS(=O)O[C@@H]3CC[C@@]2(C)[C@@H]1C/C=C1/C(=O)OC[C@H]1NC(=O)COC. The Morgan fingerprint density at radius 3 is 2.88 bits per heavy atom. The molecule has 32 heavy (non-hydrogen) atoms. The minimum absolute atomic E-state index is 0.0412. The van der Waals surface area contributed by atoms with Crippen molar-refractivity contribution in [3.05, 3.63) is 23.8 Å². The molecule has 1 unspecified atom stereocenters. The van der Waals surface area contributed by atoms with E-state index in [9.17, 15) is 13.8 Å². The second kappa shape index (κ2) is 9.00. The lowest BCUT2D eigenvalue weighted by Crippen LogP contribution is -2.60. The van der Waals surface area contributed by atoms with Gasteiger partial charge in [0.15, 0.2) is 0 Å². The lowest BCUT2D eigenvalue weighted by atomic mass is 9.46. The van der Waals surface area contributed by atoms with Gasteiger partial charge in [-0.1, -0.05) is 32.1 Å². The molecule has 4 aliphatic rings. The van der Waals surface area contributed by atoms with E-state index in [2.05, 4.69) is 25.7 Å². The van der Waals surface area contributed by atoms with Crippen molar-refractivity contribution in [2.24, 2.45) is 22.7 Å². The van der Waals surface area contributed by atoms with Crippen LogP contribution in [0.2, 0.25) is 0 Å². The third-order valence-corrected chi connectivity index (χ3v) is 8.85. The number of hydrogen-bond donors (Lipinski definition) is 1. The number of rotatable bonds is 5.